The highest BCUT2D eigenvalue weighted by Crippen LogP contribution is 2.45. The van der Waals surface area contributed by atoms with Crippen LogP contribution in [0.2, 0.25) is 0 Å². The van der Waals surface area contributed by atoms with E-state index in [4.69, 9.17) is 4.84 Å². The SMILES string of the molecule is O=C(N1CC2(C1)CS(=O)(=O)C2)N1OC1c1ccccc1. The molecule has 0 aliphatic carbocycles. The van der Waals surface area contributed by atoms with Crippen LogP contribution in [0.15, 0.2) is 30.3 Å². The predicted molar refractivity (Wildman–Crippen MR) is 70.2 cm³/mol. The van der Waals surface area contributed by atoms with Crippen molar-refractivity contribution in [1.29, 1.82) is 0 Å². The fourth-order valence-electron chi connectivity index (χ4n) is 3.15. The van der Waals surface area contributed by atoms with E-state index in [9.17, 15) is 13.2 Å². The lowest BCUT2D eigenvalue weighted by molar-refractivity contribution is 0.0340. The topological polar surface area (TPSA) is 70.0 Å². The molecule has 20 heavy (non-hydrogen) atoms. The fourth-order valence-corrected chi connectivity index (χ4v) is 5.30. The molecule has 3 aliphatic heterocycles. The molecule has 106 valence electrons. The third-order valence-electron chi connectivity index (χ3n) is 4.03. The number of carbonyl (C=O) groups excluding carboxylic acids is 1. The summed E-state index contributed by atoms with van der Waals surface area (Å²) >= 11 is 0. The van der Waals surface area contributed by atoms with Crippen LogP contribution in [0.5, 0.6) is 0 Å². The third-order valence-corrected chi connectivity index (χ3v) is 6.13. The van der Waals surface area contributed by atoms with Crippen LogP contribution in [0.1, 0.15) is 11.8 Å². The molecule has 4 rings (SSSR count). The van der Waals surface area contributed by atoms with Crippen LogP contribution < -0.4 is 0 Å². The van der Waals surface area contributed by atoms with E-state index in [2.05, 4.69) is 0 Å². The number of hydrogen-bond acceptors (Lipinski definition) is 4. The van der Waals surface area contributed by atoms with Crippen molar-refractivity contribution in [3.8, 4) is 0 Å². The summed E-state index contributed by atoms with van der Waals surface area (Å²) in [7, 11) is -2.84. The van der Waals surface area contributed by atoms with E-state index in [1.807, 2.05) is 30.3 Å². The van der Waals surface area contributed by atoms with Gasteiger partial charge >= 0.3 is 6.03 Å². The van der Waals surface area contributed by atoms with Gasteiger partial charge in [0.25, 0.3) is 0 Å². The second kappa shape index (κ2) is 3.73. The van der Waals surface area contributed by atoms with Gasteiger partial charge in [0.15, 0.2) is 9.84 Å². The third kappa shape index (κ3) is 1.81. The molecule has 2 amide bonds. The molecule has 1 atom stereocenters. The van der Waals surface area contributed by atoms with Crippen LogP contribution >= 0.6 is 0 Å². The molecule has 3 heterocycles. The van der Waals surface area contributed by atoms with Crippen molar-refractivity contribution in [2.45, 2.75) is 6.23 Å². The number of benzene rings is 1. The van der Waals surface area contributed by atoms with E-state index in [0.29, 0.717) is 13.1 Å². The molecular weight excluding hydrogens is 280 g/mol. The molecule has 0 aromatic heterocycles. The van der Waals surface area contributed by atoms with Gasteiger partial charge in [0.1, 0.15) is 0 Å². The highest BCUT2D eigenvalue weighted by molar-refractivity contribution is 7.92. The molecule has 0 N–H and O–H groups in total. The Morgan fingerprint density at radius 3 is 2.45 bits per heavy atom. The Balaban J connectivity index is 1.36. The summed E-state index contributed by atoms with van der Waals surface area (Å²) in [5.41, 5.74) is 0.773. The van der Waals surface area contributed by atoms with Crippen LogP contribution in [0.3, 0.4) is 0 Å². The highest BCUT2D eigenvalue weighted by atomic mass is 32.2. The molecule has 7 heteroatoms. The number of hydrogen-bond donors (Lipinski definition) is 0. The fraction of sp³-hybridized carbons (Fsp3) is 0.462. The minimum Gasteiger partial charge on any atom is -0.321 e. The van der Waals surface area contributed by atoms with Crippen LogP contribution in [-0.4, -0.2) is 49.0 Å². The first-order valence-corrected chi connectivity index (χ1v) is 8.31. The summed E-state index contributed by atoms with van der Waals surface area (Å²) in [6.07, 6.45) is -0.301. The van der Waals surface area contributed by atoms with E-state index in [-0.39, 0.29) is 29.2 Å². The maximum atomic E-state index is 12.1. The first-order valence-electron chi connectivity index (χ1n) is 6.48. The minimum atomic E-state index is -2.84. The van der Waals surface area contributed by atoms with Gasteiger partial charge in [0, 0.05) is 24.1 Å². The summed E-state index contributed by atoms with van der Waals surface area (Å²) in [6.45, 7) is 1.04. The predicted octanol–water partition coefficient (Wildman–Crippen LogP) is 0.783. The molecule has 0 radical (unpaired) electrons. The van der Waals surface area contributed by atoms with E-state index >= 15 is 0 Å². The Bertz CT molecular complexity index is 653. The van der Waals surface area contributed by atoms with Crippen LogP contribution in [0.4, 0.5) is 4.79 Å². The highest BCUT2D eigenvalue weighted by Gasteiger charge is 2.59. The molecule has 3 fully saturated rings. The van der Waals surface area contributed by atoms with Gasteiger partial charge in [0.05, 0.1) is 11.5 Å². The second-order valence-electron chi connectivity index (χ2n) is 5.87. The zero-order valence-corrected chi connectivity index (χ0v) is 11.5. The number of sulfone groups is 1. The van der Waals surface area contributed by atoms with Crippen LogP contribution in [0, 0.1) is 5.41 Å². The van der Waals surface area contributed by atoms with E-state index < -0.39 is 9.84 Å². The summed E-state index contributed by atoms with van der Waals surface area (Å²) in [5.74, 6) is 0.430. The lowest BCUT2D eigenvalue weighted by atomic mass is 9.83. The summed E-state index contributed by atoms with van der Waals surface area (Å²) in [5, 5.41) is 1.34. The smallest absolute Gasteiger partial charge is 0.321 e. The van der Waals surface area contributed by atoms with Gasteiger partial charge in [-0.15, -0.1) is 0 Å². The Hall–Kier alpha value is -1.60. The van der Waals surface area contributed by atoms with Crippen molar-refractivity contribution >= 4 is 15.9 Å². The first kappa shape index (κ1) is 12.2. The zero-order valence-electron chi connectivity index (χ0n) is 10.7. The summed E-state index contributed by atoms with van der Waals surface area (Å²) in [6, 6.07) is 9.36. The lowest BCUT2D eigenvalue weighted by Crippen LogP contribution is -2.69. The lowest BCUT2D eigenvalue weighted by Gasteiger charge is -2.54. The maximum Gasteiger partial charge on any atom is 0.346 e. The molecule has 1 aromatic carbocycles. The van der Waals surface area contributed by atoms with Gasteiger partial charge in [-0.1, -0.05) is 30.3 Å². The van der Waals surface area contributed by atoms with Gasteiger partial charge in [-0.25, -0.2) is 18.0 Å². The monoisotopic (exact) mass is 294 g/mol. The number of rotatable bonds is 1. The molecule has 1 unspecified atom stereocenters. The average molecular weight is 294 g/mol. The molecular formula is C13H14N2O4S. The zero-order chi connectivity index (χ0) is 14.0. The molecule has 3 aliphatic rings. The molecule has 6 nitrogen and oxygen atoms in total. The molecule has 0 bridgehead atoms. The summed E-state index contributed by atoms with van der Waals surface area (Å²) in [4.78, 5) is 19.1. The van der Waals surface area contributed by atoms with Crippen LogP contribution in [-0.2, 0) is 14.7 Å². The van der Waals surface area contributed by atoms with Crippen molar-refractivity contribution in [2.75, 3.05) is 24.6 Å². The normalized spacial score (nSPS) is 28.7. The largest absolute Gasteiger partial charge is 0.346 e. The maximum absolute atomic E-state index is 12.1. The van der Waals surface area contributed by atoms with Gasteiger partial charge in [-0.05, 0) is 0 Å². The average Bonchev–Trinajstić information content (AvgIpc) is 3.13. The number of amides is 2. The van der Waals surface area contributed by atoms with Crippen molar-refractivity contribution in [2.24, 2.45) is 5.41 Å². The van der Waals surface area contributed by atoms with Crippen molar-refractivity contribution in [3.05, 3.63) is 35.9 Å². The molecule has 1 spiro atoms. The second-order valence-corrected chi connectivity index (χ2v) is 7.93. The number of hydroxylamine groups is 2. The van der Waals surface area contributed by atoms with Gasteiger partial charge < -0.3 is 4.90 Å². The van der Waals surface area contributed by atoms with E-state index in [1.165, 1.54) is 5.06 Å². The van der Waals surface area contributed by atoms with Gasteiger partial charge in [0.2, 0.25) is 6.23 Å². The standard InChI is InChI=1S/C13H14N2O4S/c16-12(14-6-13(7-14)8-20(17,18)9-13)15-11(19-15)10-4-2-1-3-5-10/h1-5,11H,6-9H2. The van der Waals surface area contributed by atoms with Gasteiger partial charge in [-0.2, -0.15) is 5.06 Å². The quantitative estimate of drug-likeness (QED) is 0.718. The summed E-state index contributed by atoms with van der Waals surface area (Å²) < 4.78 is 22.4. The Morgan fingerprint density at radius 2 is 1.85 bits per heavy atom. The van der Waals surface area contributed by atoms with Gasteiger partial charge in [-0.3, -0.25) is 0 Å². The number of nitrogens with zero attached hydrogens (tertiary/aromatic N) is 2. The van der Waals surface area contributed by atoms with Crippen molar-refractivity contribution in [1.82, 2.24) is 9.96 Å². The Kier molecular flexibility index (Phi) is 2.27. The van der Waals surface area contributed by atoms with E-state index in [1.54, 1.807) is 4.90 Å². The van der Waals surface area contributed by atoms with Crippen molar-refractivity contribution < 1.29 is 18.0 Å². The molecule has 3 saturated heterocycles. The Morgan fingerprint density at radius 1 is 1.20 bits per heavy atom. The van der Waals surface area contributed by atoms with E-state index in [0.717, 1.165) is 5.56 Å². The number of likely N-dealkylation sites (tertiary alicyclic amines) is 1. The Labute approximate surface area is 116 Å². The van der Waals surface area contributed by atoms with Crippen molar-refractivity contribution in [3.63, 3.8) is 0 Å². The molecule has 1 aromatic rings. The number of carbonyl (C=O) groups is 1. The van der Waals surface area contributed by atoms with Crippen LogP contribution in [0.25, 0.3) is 0 Å². The minimum absolute atomic E-state index is 0.172. The number of urea groups is 1. The first-order chi connectivity index (χ1) is 9.48. The molecule has 0 saturated carbocycles.